The highest BCUT2D eigenvalue weighted by Crippen LogP contribution is 2.17. The molecule has 0 spiro atoms. The molecule has 0 fully saturated rings. The lowest BCUT2D eigenvalue weighted by Crippen LogP contribution is -2.22. The third-order valence-corrected chi connectivity index (χ3v) is 3.58. The van der Waals surface area contributed by atoms with E-state index in [1.54, 1.807) is 12.1 Å². The standard InChI is InChI=1S/C11H17NO2S/c1-3-10(12)8-9-6-4-5-7-11(9)15(2,13)14/h4-7,10H,3,8,12H2,1-2H3. The van der Waals surface area contributed by atoms with E-state index >= 15 is 0 Å². The number of hydrogen-bond donors (Lipinski definition) is 1. The number of nitrogens with two attached hydrogens (primary N) is 1. The number of hydrogen-bond acceptors (Lipinski definition) is 3. The first-order valence-corrected chi connectivity index (χ1v) is 6.87. The van der Waals surface area contributed by atoms with Gasteiger partial charge in [-0.05, 0) is 24.5 Å². The highest BCUT2D eigenvalue weighted by Gasteiger charge is 2.13. The Kier molecular flexibility index (Phi) is 3.88. The van der Waals surface area contributed by atoms with E-state index in [2.05, 4.69) is 0 Å². The molecule has 1 aromatic rings. The van der Waals surface area contributed by atoms with Crippen molar-refractivity contribution in [3.63, 3.8) is 0 Å². The maximum Gasteiger partial charge on any atom is 0.175 e. The number of rotatable bonds is 4. The Bertz CT molecular complexity index is 426. The third kappa shape index (κ3) is 3.32. The molecule has 0 aromatic heterocycles. The average Bonchev–Trinajstić information content (AvgIpc) is 2.17. The summed E-state index contributed by atoms with van der Waals surface area (Å²) in [5.41, 5.74) is 6.64. The van der Waals surface area contributed by atoms with Crippen molar-refractivity contribution < 1.29 is 8.42 Å². The van der Waals surface area contributed by atoms with Gasteiger partial charge in [-0.2, -0.15) is 0 Å². The van der Waals surface area contributed by atoms with Crippen LogP contribution in [0.15, 0.2) is 29.2 Å². The van der Waals surface area contributed by atoms with Crippen LogP contribution in [0.5, 0.6) is 0 Å². The lowest BCUT2D eigenvalue weighted by molar-refractivity contribution is 0.597. The minimum Gasteiger partial charge on any atom is -0.327 e. The summed E-state index contributed by atoms with van der Waals surface area (Å²) in [5, 5.41) is 0. The molecule has 2 N–H and O–H groups in total. The van der Waals surface area contributed by atoms with Crippen molar-refractivity contribution in [2.75, 3.05) is 6.26 Å². The fourth-order valence-electron chi connectivity index (χ4n) is 1.46. The zero-order chi connectivity index (χ0) is 11.5. The fraction of sp³-hybridized carbons (Fsp3) is 0.455. The van der Waals surface area contributed by atoms with Crippen LogP contribution in [-0.2, 0) is 16.3 Å². The predicted octanol–water partition coefficient (Wildman–Crippen LogP) is 1.37. The Labute approximate surface area is 91.2 Å². The second-order valence-electron chi connectivity index (χ2n) is 3.75. The Morgan fingerprint density at radius 1 is 1.33 bits per heavy atom. The second-order valence-corrected chi connectivity index (χ2v) is 5.74. The summed E-state index contributed by atoms with van der Waals surface area (Å²) in [4.78, 5) is 0.397. The van der Waals surface area contributed by atoms with E-state index in [9.17, 15) is 8.42 Å². The van der Waals surface area contributed by atoms with Gasteiger partial charge in [0, 0.05) is 12.3 Å². The first-order valence-electron chi connectivity index (χ1n) is 4.98. The van der Waals surface area contributed by atoms with Crippen LogP contribution in [0.4, 0.5) is 0 Å². The van der Waals surface area contributed by atoms with Crippen LogP contribution < -0.4 is 5.73 Å². The molecule has 0 saturated carbocycles. The van der Waals surface area contributed by atoms with E-state index in [1.165, 1.54) is 6.26 Å². The molecule has 0 saturated heterocycles. The molecular formula is C11H17NO2S. The van der Waals surface area contributed by atoms with Crippen LogP contribution in [-0.4, -0.2) is 20.7 Å². The molecule has 84 valence electrons. The largest absolute Gasteiger partial charge is 0.327 e. The van der Waals surface area contributed by atoms with Gasteiger partial charge in [-0.3, -0.25) is 0 Å². The number of benzene rings is 1. The van der Waals surface area contributed by atoms with Crippen molar-refractivity contribution >= 4 is 9.84 Å². The van der Waals surface area contributed by atoms with E-state index in [-0.39, 0.29) is 6.04 Å². The van der Waals surface area contributed by atoms with Gasteiger partial charge >= 0.3 is 0 Å². The molecule has 0 radical (unpaired) electrons. The molecule has 0 heterocycles. The molecule has 0 amide bonds. The Balaban J connectivity index is 3.08. The van der Waals surface area contributed by atoms with Gasteiger partial charge in [-0.1, -0.05) is 25.1 Å². The summed E-state index contributed by atoms with van der Waals surface area (Å²) in [6, 6.07) is 7.05. The van der Waals surface area contributed by atoms with Gasteiger partial charge in [0.2, 0.25) is 0 Å². The second kappa shape index (κ2) is 4.77. The van der Waals surface area contributed by atoms with Crippen LogP contribution in [0.1, 0.15) is 18.9 Å². The first-order chi connectivity index (χ1) is 6.95. The Hall–Kier alpha value is -0.870. The summed E-state index contributed by atoms with van der Waals surface area (Å²) in [5.74, 6) is 0. The SMILES string of the molecule is CCC(N)Cc1ccccc1S(C)(=O)=O. The maximum absolute atomic E-state index is 11.5. The molecule has 3 nitrogen and oxygen atoms in total. The summed E-state index contributed by atoms with van der Waals surface area (Å²) < 4.78 is 23.0. The number of sulfone groups is 1. The Morgan fingerprint density at radius 2 is 1.93 bits per heavy atom. The van der Waals surface area contributed by atoms with E-state index in [1.807, 2.05) is 19.1 Å². The molecule has 4 heteroatoms. The summed E-state index contributed by atoms with van der Waals surface area (Å²) in [7, 11) is -3.14. The van der Waals surface area contributed by atoms with E-state index in [0.717, 1.165) is 12.0 Å². The lowest BCUT2D eigenvalue weighted by Gasteiger charge is -2.11. The maximum atomic E-state index is 11.5. The van der Waals surface area contributed by atoms with Gasteiger partial charge in [-0.25, -0.2) is 8.42 Å². The lowest BCUT2D eigenvalue weighted by atomic mass is 10.1. The molecule has 0 aliphatic heterocycles. The first kappa shape index (κ1) is 12.2. The third-order valence-electron chi connectivity index (χ3n) is 2.38. The van der Waals surface area contributed by atoms with Crippen LogP contribution in [0.2, 0.25) is 0 Å². The minimum absolute atomic E-state index is 0.0212. The van der Waals surface area contributed by atoms with Crippen LogP contribution in [0.3, 0.4) is 0 Å². The van der Waals surface area contributed by atoms with Crippen molar-refractivity contribution in [3.8, 4) is 0 Å². The molecular weight excluding hydrogens is 210 g/mol. The van der Waals surface area contributed by atoms with Gasteiger partial charge < -0.3 is 5.73 Å². The van der Waals surface area contributed by atoms with Gasteiger partial charge in [0.05, 0.1) is 4.90 Å². The average molecular weight is 227 g/mol. The zero-order valence-corrected chi connectivity index (χ0v) is 9.92. The van der Waals surface area contributed by atoms with Crippen molar-refractivity contribution in [1.82, 2.24) is 0 Å². The Morgan fingerprint density at radius 3 is 2.47 bits per heavy atom. The smallest absolute Gasteiger partial charge is 0.175 e. The summed E-state index contributed by atoms with van der Waals surface area (Å²) in [6.45, 7) is 1.99. The summed E-state index contributed by atoms with van der Waals surface area (Å²) in [6.07, 6.45) is 2.68. The fourth-order valence-corrected chi connectivity index (χ4v) is 2.41. The monoisotopic (exact) mass is 227 g/mol. The molecule has 1 rings (SSSR count). The van der Waals surface area contributed by atoms with Crippen molar-refractivity contribution in [2.24, 2.45) is 5.73 Å². The van der Waals surface area contributed by atoms with Crippen molar-refractivity contribution in [3.05, 3.63) is 29.8 Å². The quantitative estimate of drug-likeness (QED) is 0.845. The summed E-state index contributed by atoms with van der Waals surface area (Å²) >= 11 is 0. The van der Waals surface area contributed by atoms with E-state index in [4.69, 9.17) is 5.73 Å². The van der Waals surface area contributed by atoms with Crippen molar-refractivity contribution in [2.45, 2.75) is 30.7 Å². The molecule has 15 heavy (non-hydrogen) atoms. The van der Waals surface area contributed by atoms with Crippen molar-refractivity contribution in [1.29, 1.82) is 0 Å². The molecule has 0 aliphatic rings. The van der Waals surface area contributed by atoms with Gasteiger partial charge in [0.15, 0.2) is 9.84 Å². The normalized spacial score (nSPS) is 13.8. The highest BCUT2D eigenvalue weighted by atomic mass is 32.2. The van der Waals surface area contributed by atoms with Gasteiger partial charge in [0.25, 0.3) is 0 Å². The van der Waals surface area contributed by atoms with Crippen LogP contribution in [0.25, 0.3) is 0 Å². The van der Waals surface area contributed by atoms with E-state index < -0.39 is 9.84 Å². The van der Waals surface area contributed by atoms with Crippen LogP contribution in [0, 0.1) is 0 Å². The molecule has 0 bridgehead atoms. The molecule has 0 aliphatic carbocycles. The molecule has 1 aromatic carbocycles. The highest BCUT2D eigenvalue weighted by molar-refractivity contribution is 7.90. The predicted molar refractivity (Wildman–Crippen MR) is 61.5 cm³/mol. The molecule has 1 unspecified atom stereocenters. The van der Waals surface area contributed by atoms with Gasteiger partial charge in [0.1, 0.15) is 0 Å². The molecule has 1 atom stereocenters. The minimum atomic E-state index is -3.14. The zero-order valence-electron chi connectivity index (χ0n) is 9.10. The van der Waals surface area contributed by atoms with Crippen LogP contribution >= 0.6 is 0 Å². The van der Waals surface area contributed by atoms with E-state index in [0.29, 0.717) is 11.3 Å². The van der Waals surface area contributed by atoms with Gasteiger partial charge in [-0.15, -0.1) is 0 Å². The topological polar surface area (TPSA) is 60.2 Å².